The average molecular weight is 475 g/mol. The Bertz CT molecular complexity index is 1540. The smallest absolute Gasteiger partial charge is 0.274 e. The second kappa shape index (κ2) is 8.71. The summed E-state index contributed by atoms with van der Waals surface area (Å²) in [6.45, 7) is 0.440. The third kappa shape index (κ3) is 4.19. The summed E-state index contributed by atoms with van der Waals surface area (Å²) in [7, 11) is 0. The van der Waals surface area contributed by atoms with Gasteiger partial charge in [0.15, 0.2) is 0 Å². The lowest BCUT2D eigenvalue weighted by atomic mass is 10.1. The van der Waals surface area contributed by atoms with Gasteiger partial charge in [-0.2, -0.15) is 19.7 Å². The Labute approximate surface area is 196 Å². The highest BCUT2D eigenvalue weighted by Crippen LogP contribution is 2.24. The van der Waals surface area contributed by atoms with Gasteiger partial charge in [0, 0.05) is 28.9 Å². The molecule has 0 saturated carbocycles. The molecule has 0 unspecified atom stereocenters. The fourth-order valence-electron chi connectivity index (χ4n) is 3.41. The van der Waals surface area contributed by atoms with Gasteiger partial charge in [-0.15, -0.1) is 0 Å². The van der Waals surface area contributed by atoms with Crippen LogP contribution in [0, 0.1) is 10.1 Å². The van der Waals surface area contributed by atoms with E-state index in [1.165, 1.54) is 35.2 Å². The highest BCUT2D eigenvalue weighted by atomic mass is 35.5. The molecule has 0 spiro atoms. The maximum atomic E-state index is 13.1. The lowest BCUT2D eigenvalue weighted by Gasteiger charge is -2.08. The van der Waals surface area contributed by atoms with Crippen LogP contribution in [0.1, 0.15) is 16.1 Å². The van der Waals surface area contributed by atoms with Crippen molar-refractivity contribution in [2.45, 2.75) is 6.54 Å². The van der Waals surface area contributed by atoms with Gasteiger partial charge in [-0.25, -0.2) is 4.98 Å². The first-order valence-electron chi connectivity index (χ1n) is 10.0. The number of carbonyl (C=O) groups is 1. The molecule has 0 bridgehead atoms. The molecule has 0 fully saturated rings. The number of rotatable bonds is 6. The predicted octanol–water partition coefficient (Wildman–Crippen LogP) is 3.85. The Balaban J connectivity index is 1.43. The van der Waals surface area contributed by atoms with E-state index in [9.17, 15) is 14.9 Å². The van der Waals surface area contributed by atoms with Crippen molar-refractivity contribution in [2.24, 2.45) is 0 Å². The number of nitrogens with zero attached hydrogens (tertiary/aromatic N) is 7. The fraction of sp³-hybridized carbons (Fsp3) is 0.0455. The topological polar surface area (TPSA) is 133 Å². The van der Waals surface area contributed by atoms with Crippen molar-refractivity contribution < 1.29 is 9.72 Å². The lowest BCUT2D eigenvalue weighted by molar-refractivity contribution is -0.384. The molecule has 0 aliphatic rings. The normalized spacial score (nSPS) is 11.0. The molecule has 168 valence electrons. The fourth-order valence-corrected chi connectivity index (χ4v) is 3.61. The number of nitro groups is 1. The molecule has 5 aromatic rings. The Hall–Kier alpha value is -4.64. The number of anilines is 1. The van der Waals surface area contributed by atoms with E-state index >= 15 is 0 Å². The molecule has 0 aliphatic carbocycles. The number of fused-ring (bicyclic) bond motifs is 1. The molecule has 0 aliphatic heterocycles. The first-order valence-corrected chi connectivity index (χ1v) is 10.4. The van der Waals surface area contributed by atoms with Crippen LogP contribution in [0.3, 0.4) is 0 Å². The van der Waals surface area contributed by atoms with Gasteiger partial charge >= 0.3 is 0 Å². The minimum atomic E-state index is -0.493. The first kappa shape index (κ1) is 21.2. The van der Waals surface area contributed by atoms with Crippen molar-refractivity contribution in [1.29, 1.82) is 0 Å². The van der Waals surface area contributed by atoms with Gasteiger partial charge in [0.05, 0.1) is 29.0 Å². The van der Waals surface area contributed by atoms with Crippen molar-refractivity contribution in [1.82, 2.24) is 29.4 Å². The van der Waals surface area contributed by atoms with E-state index in [1.807, 2.05) is 18.2 Å². The number of halogens is 1. The molecule has 5 rings (SSSR count). The molecule has 0 saturated heterocycles. The summed E-state index contributed by atoms with van der Waals surface area (Å²) in [5.41, 5.74) is 2.26. The van der Waals surface area contributed by atoms with E-state index in [0.717, 1.165) is 5.56 Å². The highest BCUT2D eigenvalue weighted by molar-refractivity contribution is 6.31. The Morgan fingerprint density at radius 3 is 2.79 bits per heavy atom. The van der Waals surface area contributed by atoms with E-state index in [1.54, 1.807) is 29.1 Å². The summed E-state index contributed by atoms with van der Waals surface area (Å²) < 4.78 is 2.95. The van der Waals surface area contributed by atoms with E-state index in [0.29, 0.717) is 28.5 Å². The largest absolute Gasteiger partial charge is 0.318 e. The first-order chi connectivity index (χ1) is 16.5. The maximum absolute atomic E-state index is 13.1. The van der Waals surface area contributed by atoms with Crippen molar-refractivity contribution >= 4 is 34.7 Å². The van der Waals surface area contributed by atoms with E-state index in [4.69, 9.17) is 11.6 Å². The van der Waals surface area contributed by atoms with Crippen LogP contribution in [0.4, 0.5) is 11.4 Å². The van der Waals surface area contributed by atoms with Gasteiger partial charge in [-0.3, -0.25) is 19.6 Å². The van der Waals surface area contributed by atoms with Gasteiger partial charge in [-0.1, -0.05) is 41.9 Å². The Morgan fingerprint density at radius 2 is 1.97 bits per heavy atom. The van der Waals surface area contributed by atoms with Crippen LogP contribution in [0.15, 0.2) is 73.3 Å². The summed E-state index contributed by atoms with van der Waals surface area (Å²) in [5.74, 6) is -0.287. The number of carbonyl (C=O) groups excluding carboxylic acids is 1. The number of aromatic nitrogens is 6. The molecule has 3 aromatic heterocycles. The summed E-state index contributed by atoms with van der Waals surface area (Å²) in [5, 5.41) is 22.9. The molecule has 1 N–H and O–H groups in total. The molecule has 1 amide bonds. The number of hydrogen-bond donors (Lipinski definition) is 1. The number of nitrogens with one attached hydrogen (secondary N) is 1. The quantitative estimate of drug-likeness (QED) is 0.292. The SMILES string of the molecule is O=C(Nc1cnn(Cc2ccccc2Cl)c1)c1cc(-c2cccc([N+](=O)[O-])c2)nc2ncnn12. The van der Waals surface area contributed by atoms with E-state index in [-0.39, 0.29) is 17.2 Å². The van der Waals surface area contributed by atoms with Crippen LogP contribution in [0.25, 0.3) is 17.0 Å². The van der Waals surface area contributed by atoms with E-state index in [2.05, 4.69) is 25.5 Å². The molecular formula is C22H15ClN8O3. The zero-order valence-corrected chi connectivity index (χ0v) is 18.1. The molecular weight excluding hydrogens is 460 g/mol. The Kier molecular flexibility index (Phi) is 5.44. The summed E-state index contributed by atoms with van der Waals surface area (Å²) >= 11 is 6.21. The maximum Gasteiger partial charge on any atom is 0.274 e. The number of non-ortho nitro benzene ring substituents is 1. The summed E-state index contributed by atoms with van der Waals surface area (Å²) in [4.78, 5) is 32.2. The van der Waals surface area contributed by atoms with Crippen molar-refractivity contribution in [3.63, 3.8) is 0 Å². The second-order valence-corrected chi connectivity index (χ2v) is 7.69. The minimum Gasteiger partial charge on any atom is -0.318 e. The summed E-state index contributed by atoms with van der Waals surface area (Å²) in [6, 6.07) is 14.9. The number of amides is 1. The van der Waals surface area contributed by atoms with Crippen LogP contribution in [-0.4, -0.2) is 40.2 Å². The monoisotopic (exact) mass is 474 g/mol. The van der Waals surface area contributed by atoms with Gasteiger partial charge in [-0.05, 0) is 17.7 Å². The summed E-state index contributed by atoms with van der Waals surface area (Å²) in [6.07, 6.45) is 4.48. The average Bonchev–Trinajstić information content (AvgIpc) is 3.49. The van der Waals surface area contributed by atoms with Crippen molar-refractivity contribution in [3.8, 4) is 11.3 Å². The van der Waals surface area contributed by atoms with Crippen LogP contribution in [0.5, 0.6) is 0 Å². The third-order valence-electron chi connectivity index (χ3n) is 5.02. The molecule has 0 atom stereocenters. The minimum absolute atomic E-state index is 0.0856. The van der Waals surface area contributed by atoms with Crippen LogP contribution in [-0.2, 0) is 6.54 Å². The van der Waals surface area contributed by atoms with Crippen LogP contribution >= 0.6 is 11.6 Å². The molecule has 12 heteroatoms. The predicted molar refractivity (Wildman–Crippen MR) is 124 cm³/mol. The van der Waals surface area contributed by atoms with Gasteiger partial charge in [0.25, 0.3) is 17.4 Å². The second-order valence-electron chi connectivity index (χ2n) is 7.28. The van der Waals surface area contributed by atoms with E-state index < -0.39 is 10.8 Å². The standard InChI is InChI=1S/C22H15ClN8O3/c23-18-7-2-1-4-15(18)11-29-12-16(10-25-29)27-21(32)20-9-19(28-22-24-13-26-30(20)22)14-5-3-6-17(8-14)31(33)34/h1-10,12-13H,11H2,(H,27,32). The molecule has 11 nitrogen and oxygen atoms in total. The Morgan fingerprint density at radius 1 is 1.12 bits per heavy atom. The third-order valence-corrected chi connectivity index (χ3v) is 5.39. The molecule has 34 heavy (non-hydrogen) atoms. The number of benzene rings is 2. The zero-order chi connectivity index (χ0) is 23.7. The molecule has 2 aromatic carbocycles. The van der Waals surface area contributed by atoms with Gasteiger partial charge < -0.3 is 5.32 Å². The highest BCUT2D eigenvalue weighted by Gasteiger charge is 2.18. The number of nitro benzene ring substituents is 1. The number of hydrogen-bond acceptors (Lipinski definition) is 7. The van der Waals surface area contributed by atoms with Gasteiger partial charge in [0.2, 0.25) is 0 Å². The van der Waals surface area contributed by atoms with Crippen molar-refractivity contribution in [2.75, 3.05) is 5.32 Å². The van der Waals surface area contributed by atoms with Crippen LogP contribution < -0.4 is 5.32 Å². The lowest BCUT2D eigenvalue weighted by Crippen LogP contribution is -2.17. The molecule has 0 radical (unpaired) electrons. The molecule has 3 heterocycles. The van der Waals surface area contributed by atoms with Crippen LogP contribution in [0.2, 0.25) is 5.02 Å². The van der Waals surface area contributed by atoms with Crippen molar-refractivity contribution in [3.05, 3.63) is 99.7 Å². The zero-order valence-electron chi connectivity index (χ0n) is 17.4. The van der Waals surface area contributed by atoms with Gasteiger partial charge in [0.1, 0.15) is 12.0 Å².